The van der Waals surface area contributed by atoms with Crippen LogP contribution in [-0.2, 0) is 29.3 Å². The number of fused-ring (bicyclic) bond motifs is 4. The Labute approximate surface area is 348 Å². The Morgan fingerprint density at radius 3 is 2.03 bits per heavy atom. The number of carbonyl (C=O) groups excluding carboxylic acids is 5. The van der Waals surface area contributed by atoms with Crippen LogP contribution in [-0.4, -0.2) is 101 Å². The number of methoxy groups -OCH3 is 2. The van der Waals surface area contributed by atoms with Gasteiger partial charge in [0.2, 0.25) is 17.7 Å². The molecule has 7 rings (SSSR count). The van der Waals surface area contributed by atoms with Crippen molar-refractivity contribution in [1.82, 2.24) is 30.4 Å². The Kier molecular flexibility index (Phi) is 11.6. The molecule has 1 aromatic heterocycles. The van der Waals surface area contributed by atoms with Crippen LogP contribution in [0, 0.1) is 11.8 Å². The summed E-state index contributed by atoms with van der Waals surface area (Å²) in [4.78, 5) is 76.4. The molecule has 3 aliphatic rings. The van der Waals surface area contributed by atoms with E-state index in [1.54, 1.807) is 18.7 Å². The molecule has 60 heavy (non-hydrogen) atoms. The number of hydrogen-bond donors (Lipinski definition) is 4. The van der Waals surface area contributed by atoms with Crippen molar-refractivity contribution in [3.8, 4) is 22.3 Å². The molecule has 0 bridgehead atoms. The number of alkyl carbamates (subject to hydrolysis) is 2. The fourth-order valence-corrected chi connectivity index (χ4v) is 8.93. The number of anilines is 1. The van der Waals surface area contributed by atoms with Gasteiger partial charge in [-0.1, -0.05) is 65.8 Å². The molecule has 2 saturated heterocycles. The quantitative estimate of drug-likeness (QED) is 0.135. The van der Waals surface area contributed by atoms with Crippen LogP contribution in [0.25, 0.3) is 33.3 Å². The van der Waals surface area contributed by atoms with Crippen molar-refractivity contribution in [1.29, 1.82) is 0 Å². The van der Waals surface area contributed by atoms with E-state index in [-0.39, 0.29) is 36.8 Å². The Hall–Kier alpha value is -5.99. The van der Waals surface area contributed by atoms with Crippen molar-refractivity contribution >= 4 is 46.6 Å². The number of nitrogens with zero attached hydrogens (tertiary/aromatic N) is 3. The van der Waals surface area contributed by atoms with Gasteiger partial charge < -0.3 is 40.2 Å². The maximum Gasteiger partial charge on any atom is 0.407 e. The molecule has 3 aromatic carbocycles. The summed E-state index contributed by atoms with van der Waals surface area (Å²) < 4.78 is 24.3. The normalized spacial score (nSPS) is 20.1. The predicted octanol–water partition coefficient (Wildman–Crippen LogP) is 6.84. The van der Waals surface area contributed by atoms with Crippen LogP contribution < -0.4 is 16.0 Å². The average molecular weight is 824 g/mol. The molecule has 0 unspecified atom stereocenters. The van der Waals surface area contributed by atoms with Crippen molar-refractivity contribution < 1.29 is 37.8 Å². The number of imidazole rings is 1. The number of hydrogen-bond acceptors (Lipinski definition) is 8. The van der Waals surface area contributed by atoms with E-state index in [1.807, 2.05) is 44.2 Å². The fourth-order valence-electron chi connectivity index (χ4n) is 8.93. The molecule has 0 radical (unpaired) electrons. The van der Waals surface area contributed by atoms with Gasteiger partial charge in [0.05, 0.1) is 37.8 Å². The molecule has 0 spiro atoms. The summed E-state index contributed by atoms with van der Waals surface area (Å²) in [5, 5.41) is 8.17. The van der Waals surface area contributed by atoms with Crippen LogP contribution in [0.2, 0.25) is 0 Å². The van der Waals surface area contributed by atoms with Gasteiger partial charge >= 0.3 is 12.2 Å². The highest BCUT2D eigenvalue weighted by Gasteiger charge is 2.44. The first-order valence-corrected chi connectivity index (χ1v) is 20.6. The van der Waals surface area contributed by atoms with Gasteiger partial charge in [0.15, 0.2) is 0 Å². The molecule has 2 fully saturated rings. The first kappa shape index (κ1) is 42.1. The number of benzene rings is 3. The number of likely N-dealkylation sites (tertiary alicyclic amines) is 2. The zero-order valence-corrected chi connectivity index (χ0v) is 35.4. The standard InChI is InChI=1S/C45H54FN7O7/c1-23(2)37(50-43(57)59-7)41(55)52-17-9-10-35(52)39-48-33-16-12-26(19-34(33)49-39)25-11-14-29-30-15-13-28(21-32(30)45(5,6)31(29)18-25)47-40(54)36-20-27(46)22-53(36)42(56)38(24(3)4)51-44(58)60-8/h11-16,18-19,21,23-24,27,35-38H,9-10,17,20,22H2,1-8H3,(H,47,54)(H,48,49)(H,50,57)(H,51,58)/t27-,35-,36-,37-,38-/m0/s1. The predicted molar refractivity (Wildman–Crippen MR) is 225 cm³/mol. The zero-order valence-electron chi connectivity index (χ0n) is 35.4. The van der Waals surface area contributed by atoms with Crippen molar-refractivity contribution in [3.05, 3.63) is 71.5 Å². The average Bonchev–Trinajstić information content (AvgIpc) is 4.02. The molecule has 15 heteroatoms. The molecule has 14 nitrogen and oxygen atoms in total. The van der Waals surface area contributed by atoms with Gasteiger partial charge in [-0.3, -0.25) is 14.4 Å². The minimum Gasteiger partial charge on any atom is -0.453 e. The number of alkyl halides is 1. The lowest BCUT2D eigenvalue weighted by Crippen LogP contribution is -2.54. The molecule has 5 amide bonds. The molecule has 1 aliphatic carbocycles. The number of carbonyl (C=O) groups is 5. The molecule has 2 aliphatic heterocycles. The minimum atomic E-state index is -1.39. The van der Waals surface area contributed by atoms with Crippen LogP contribution in [0.1, 0.15) is 83.8 Å². The van der Waals surface area contributed by atoms with Gasteiger partial charge in [-0.2, -0.15) is 0 Å². The number of H-pyrrole nitrogens is 1. The number of rotatable bonds is 10. The zero-order chi connectivity index (χ0) is 43.2. The van der Waals surface area contributed by atoms with E-state index >= 15 is 0 Å². The summed E-state index contributed by atoms with van der Waals surface area (Å²) in [6, 6.07) is 15.2. The fraction of sp³-hybridized carbons (Fsp3) is 0.467. The molecule has 0 saturated carbocycles. The number of aromatic nitrogens is 2. The third-order valence-corrected chi connectivity index (χ3v) is 12.2. The molecular weight excluding hydrogens is 770 g/mol. The minimum absolute atomic E-state index is 0.134. The molecular formula is C45H54FN7O7. The molecule has 3 heterocycles. The highest BCUT2D eigenvalue weighted by molar-refractivity contribution is 5.99. The Morgan fingerprint density at radius 1 is 0.817 bits per heavy atom. The van der Waals surface area contributed by atoms with E-state index < -0.39 is 53.7 Å². The summed E-state index contributed by atoms with van der Waals surface area (Å²) >= 11 is 0. The van der Waals surface area contributed by atoms with Crippen molar-refractivity contribution in [3.63, 3.8) is 0 Å². The number of amides is 5. The lowest BCUT2D eigenvalue weighted by Gasteiger charge is -2.30. The van der Waals surface area contributed by atoms with Crippen LogP contribution in [0.15, 0.2) is 54.6 Å². The second kappa shape index (κ2) is 16.6. The van der Waals surface area contributed by atoms with Crippen molar-refractivity contribution in [2.75, 3.05) is 32.6 Å². The van der Waals surface area contributed by atoms with Gasteiger partial charge in [-0.15, -0.1) is 0 Å². The molecule has 4 aromatic rings. The van der Waals surface area contributed by atoms with Crippen LogP contribution in [0.3, 0.4) is 0 Å². The van der Waals surface area contributed by atoms with E-state index in [2.05, 4.69) is 63.8 Å². The number of nitrogens with one attached hydrogen (secondary N) is 4. The monoisotopic (exact) mass is 823 g/mol. The SMILES string of the molecule is COC(=O)N[C@H](C(=O)N1C[C@@H](F)C[C@H]1C(=O)Nc1ccc2c(c1)C(C)(C)c1cc(-c3ccc4nc([C@@H]5CCCN5C(=O)[C@@H](NC(=O)OC)C(C)C)[nH]c4c3)ccc1-2)C(C)C. The van der Waals surface area contributed by atoms with E-state index in [4.69, 9.17) is 9.72 Å². The lowest BCUT2D eigenvalue weighted by molar-refractivity contribution is -0.139. The number of ether oxygens (including phenoxy) is 2. The van der Waals surface area contributed by atoms with Gasteiger partial charge in [0, 0.05) is 24.1 Å². The summed E-state index contributed by atoms with van der Waals surface area (Å²) in [5.41, 5.74) is 7.99. The summed E-state index contributed by atoms with van der Waals surface area (Å²) in [5.74, 6) is -0.957. The first-order chi connectivity index (χ1) is 28.5. The van der Waals surface area contributed by atoms with E-state index in [9.17, 15) is 28.4 Å². The van der Waals surface area contributed by atoms with E-state index in [0.29, 0.717) is 18.1 Å². The van der Waals surface area contributed by atoms with Crippen molar-refractivity contribution in [2.24, 2.45) is 11.8 Å². The smallest absolute Gasteiger partial charge is 0.407 e. The Balaban J connectivity index is 1.09. The van der Waals surface area contributed by atoms with Gasteiger partial charge in [0.25, 0.3) is 0 Å². The first-order valence-electron chi connectivity index (χ1n) is 20.6. The highest BCUT2D eigenvalue weighted by atomic mass is 19.1. The van der Waals surface area contributed by atoms with E-state index in [1.165, 1.54) is 19.1 Å². The van der Waals surface area contributed by atoms with Gasteiger partial charge in [0.1, 0.15) is 30.1 Å². The summed E-state index contributed by atoms with van der Waals surface area (Å²) in [7, 11) is 2.48. The maximum absolute atomic E-state index is 14.8. The topological polar surface area (TPSA) is 175 Å². The number of aromatic amines is 1. The third kappa shape index (κ3) is 7.88. The second-order valence-electron chi connectivity index (χ2n) is 17.2. The second-order valence-corrected chi connectivity index (χ2v) is 17.2. The molecule has 5 atom stereocenters. The summed E-state index contributed by atoms with van der Waals surface area (Å²) in [6.07, 6.45) is -1.39. The van der Waals surface area contributed by atoms with Crippen LogP contribution in [0.4, 0.5) is 19.7 Å². The van der Waals surface area contributed by atoms with Gasteiger partial charge in [-0.25, -0.2) is 19.0 Å². The Morgan fingerprint density at radius 2 is 1.40 bits per heavy atom. The van der Waals surface area contributed by atoms with Crippen LogP contribution >= 0.6 is 0 Å². The third-order valence-electron chi connectivity index (χ3n) is 12.2. The summed E-state index contributed by atoms with van der Waals surface area (Å²) in [6.45, 7) is 11.9. The van der Waals surface area contributed by atoms with E-state index in [0.717, 1.165) is 57.3 Å². The molecule has 4 N–H and O–H groups in total. The van der Waals surface area contributed by atoms with Crippen molar-refractivity contribution in [2.45, 2.75) is 96.6 Å². The van der Waals surface area contributed by atoms with Crippen LogP contribution in [0.5, 0.6) is 0 Å². The largest absolute Gasteiger partial charge is 0.453 e. The molecule has 318 valence electrons. The Bertz CT molecular complexity index is 2340. The number of halogens is 1. The highest BCUT2D eigenvalue weighted by Crippen LogP contribution is 2.50. The lowest BCUT2D eigenvalue weighted by atomic mass is 9.81. The maximum atomic E-state index is 14.8. The van der Waals surface area contributed by atoms with Gasteiger partial charge in [-0.05, 0) is 88.4 Å².